The Balaban J connectivity index is 1.51. The minimum absolute atomic E-state index is 0.0214. The number of halogens is 1. The fraction of sp³-hybridized carbons (Fsp3) is 0.393. The predicted molar refractivity (Wildman–Crippen MR) is 150 cm³/mol. The molecule has 1 aromatic heterocycles. The summed E-state index contributed by atoms with van der Waals surface area (Å²) in [5.74, 6) is 2.55. The van der Waals surface area contributed by atoms with Gasteiger partial charge in [-0.1, -0.05) is 23.7 Å². The largest absolute Gasteiger partial charge is 0.497 e. The Bertz CT molecular complexity index is 1290. The highest BCUT2D eigenvalue weighted by Crippen LogP contribution is 2.28. The first-order chi connectivity index (χ1) is 19.0. The third-order valence-electron chi connectivity index (χ3n) is 6.72. The molecular weight excluding hydrogens is 522 g/mol. The number of rotatable bonds is 12. The highest BCUT2D eigenvalue weighted by atomic mass is 35.5. The van der Waals surface area contributed by atoms with E-state index >= 15 is 0 Å². The monoisotopic (exact) mass is 555 g/mol. The van der Waals surface area contributed by atoms with Crippen LogP contribution in [0.2, 0.25) is 5.02 Å². The summed E-state index contributed by atoms with van der Waals surface area (Å²) in [5, 5.41) is 16.5. The van der Waals surface area contributed by atoms with Crippen molar-refractivity contribution in [1.82, 2.24) is 15.3 Å². The van der Waals surface area contributed by atoms with Crippen LogP contribution in [0, 0.1) is 0 Å². The van der Waals surface area contributed by atoms with Crippen molar-refractivity contribution >= 4 is 29.3 Å². The third-order valence-corrected chi connectivity index (χ3v) is 7.01. The van der Waals surface area contributed by atoms with Gasteiger partial charge in [0.15, 0.2) is 0 Å². The molecule has 0 unspecified atom stereocenters. The van der Waals surface area contributed by atoms with Crippen LogP contribution in [0.15, 0.2) is 42.6 Å². The van der Waals surface area contributed by atoms with Crippen LogP contribution in [0.1, 0.15) is 34.3 Å². The number of hydrogen-bond acceptors (Lipinski definition) is 9. The number of ether oxygens (including phenoxy) is 3. The van der Waals surface area contributed by atoms with Gasteiger partial charge in [0.2, 0.25) is 5.95 Å². The van der Waals surface area contributed by atoms with Gasteiger partial charge in [0, 0.05) is 31.9 Å². The third kappa shape index (κ3) is 6.82. The standard InChI is InChI=1S/C28H34ClN5O5/c1-37-21-8-7-19(25(14-21)39-3)10-11-30-27(36)22-16-32-28(34-12-4-5-20(34)17-35)33-26(22)31-15-18-6-9-24(38-2)23(29)13-18/h6-9,13-14,16,20,35H,4-5,10-12,15,17H2,1-3H3,(H,30,36)(H,31,32,33)/t20-/m0/s1. The van der Waals surface area contributed by atoms with Gasteiger partial charge in [-0.05, 0) is 48.6 Å². The number of aliphatic hydroxyl groups is 1. The van der Waals surface area contributed by atoms with Gasteiger partial charge >= 0.3 is 0 Å². The molecular formula is C28H34ClN5O5. The van der Waals surface area contributed by atoms with E-state index in [2.05, 4.69) is 15.6 Å². The fourth-order valence-corrected chi connectivity index (χ4v) is 4.85. The molecule has 11 heteroatoms. The Hall–Kier alpha value is -3.76. The van der Waals surface area contributed by atoms with E-state index in [-0.39, 0.29) is 18.6 Å². The van der Waals surface area contributed by atoms with Crippen molar-refractivity contribution in [2.24, 2.45) is 0 Å². The first-order valence-corrected chi connectivity index (χ1v) is 13.1. The lowest BCUT2D eigenvalue weighted by atomic mass is 10.1. The Morgan fingerprint density at radius 1 is 1.13 bits per heavy atom. The summed E-state index contributed by atoms with van der Waals surface area (Å²) in [6.45, 7) is 1.53. The summed E-state index contributed by atoms with van der Waals surface area (Å²) in [6, 6.07) is 11.0. The van der Waals surface area contributed by atoms with Gasteiger partial charge in [0.25, 0.3) is 5.91 Å². The maximum atomic E-state index is 13.2. The summed E-state index contributed by atoms with van der Waals surface area (Å²) >= 11 is 6.29. The molecule has 1 aliphatic heterocycles. The molecule has 1 fully saturated rings. The molecule has 0 bridgehead atoms. The number of carbonyl (C=O) groups excluding carboxylic acids is 1. The first-order valence-electron chi connectivity index (χ1n) is 12.8. The van der Waals surface area contributed by atoms with E-state index in [0.717, 1.165) is 30.5 Å². The second-order valence-corrected chi connectivity index (χ2v) is 9.52. The van der Waals surface area contributed by atoms with Crippen LogP contribution in [-0.4, -0.2) is 68.0 Å². The van der Waals surface area contributed by atoms with Crippen molar-refractivity contribution in [1.29, 1.82) is 0 Å². The zero-order valence-corrected chi connectivity index (χ0v) is 23.1. The predicted octanol–water partition coefficient (Wildman–Crippen LogP) is 3.70. The van der Waals surface area contributed by atoms with Gasteiger partial charge in [-0.25, -0.2) is 4.98 Å². The number of anilines is 2. The molecule has 1 saturated heterocycles. The molecule has 1 aliphatic rings. The van der Waals surface area contributed by atoms with Crippen LogP contribution in [0.4, 0.5) is 11.8 Å². The fourth-order valence-electron chi connectivity index (χ4n) is 4.57. The minimum Gasteiger partial charge on any atom is -0.497 e. The lowest BCUT2D eigenvalue weighted by Crippen LogP contribution is -2.34. The topological polar surface area (TPSA) is 118 Å². The van der Waals surface area contributed by atoms with Gasteiger partial charge in [0.1, 0.15) is 28.6 Å². The number of nitrogens with zero attached hydrogens (tertiary/aromatic N) is 3. The SMILES string of the molecule is COc1ccc(CCNC(=O)c2cnc(N3CCC[C@H]3CO)nc2NCc2ccc(OC)c(Cl)c2)c(OC)c1. The molecule has 3 aromatic rings. The summed E-state index contributed by atoms with van der Waals surface area (Å²) in [5.41, 5.74) is 2.16. The van der Waals surface area contributed by atoms with E-state index in [4.69, 9.17) is 30.8 Å². The second-order valence-electron chi connectivity index (χ2n) is 9.11. The molecule has 1 atom stereocenters. The number of aromatic nitrogens is 2. The van der Waals surface area contributed by atoms with Gasteiger partial charge in [0.05, 0.1) is 39.0 Å². The molecule has 2 heterocycles. The van der Waals surface area contributed by atoms with E-state index in [1.165, 1.54) is 6.20 Å². The van der Waals surface area contributed by atoms with Crippen molar-refractivity contribution in [2.75, 3.05) is 51.2 Å². The van der Waals surface area contributed by atoms with Crippen molar-refractivity contribution in [3.63, 3.8) is 0 Å². The van der Waals surface area contributed by atoms with Gasteiger partial charge in [-0.15, -0.1) is 0 Å². The molecule has 4 rings (SSSR count). The quantitative estimate of drug-likeness (QED) is 0.307. The first kappa shape index (κ1) is 28.3. The summed E-state index contributed by atoms with van der Waals surface area (Å²) in [7, 11) is 4.77. The number of methoxy groups -OCH3 is 3. The average Bonchev–Trinajstić information content (AvgIpc) is 3.45. The van der Waals surface area contributed by atoms with Crippen molar-refractivity contribution in [3.8, 4) is 17.2 Å². The van der Waals surface area contributed by atoms with Crippen LogP contribution in [-0.2, 0) is 13.0 Å². The Labute approximate surface area is 233 Å². The van der Waals surface area contributed by atoms with Crippen LogP contribution in [0.25, 0.3) is 0 Å². The van der Waals surface area contributed by atoms with Crippen LogP contribution < -0.4 is 29.7 Å². The summed E-state index contributed by atoms with van der Waals surface area (Å²) in [6.07, 6.45) is 3.90. The van der Waals surface area contributed by atoms with E-state index in [1.54, 1.807) is 33.5 Å². The summed E-state index contributed by atoms with van der Waals surface area (Å²) < 4.78 is 16.0. The Kier molecular flexibility index (Phi) is 9.67. The van der Waals surface area contributed by atoms with Gasteiger partial charge in [-0.2, -0.15) is 4.98 Å². The number of aliphatic hydroxyl groups excluding tert-OH is 1. The molecule has 0 aliphatic carbocycles. The second kappa shape index (κ2) is 13.3. The molecule has 208 valence electrons. The lowest BCUT2D eigenvalue weighted by Gasteiger charge is -2.24. The maximum absolute atomic E-state index is 13.2. The van der Waals surface area contributed by atoms with Crippen LogP contribution in [0.5, 0.6) is 17.2 Å². The average molecular weight is 556 g/mol. The van der Waals surface area contributed by atoms with Gasteiger partial charge in [-0.3, -0.25) is 4.79 Å². The van der Waals surface area contributed by atoms with Gasteiger partial charge < -0.3 is 34.9 Å². The molecule has 10 nitrogen and oxygen atoms in total. The van der Waals surface area contributed by atoms with E-state index in [0.29, 0.717) is 59.1 Å². The smallest absolute Gasteiger partial charge is 0.256 e. The Morgan fingerprint density at radius 3 is 2.67 bits per heavy atom. The van der Waals surface area contributed by atoms with Crippen molar-refractivity contribution in [3.05, 3.63) is 64.3 Å². The summed E-state index contributed by atoms with van der Waals surface area (Å²) in [4.78, 5) is 24.4. The molecule has 3 N–H and O–H groups in total. The van der Waals surface area contributed by atoms with E-state index in [9.17, 15) is 9.90 Å². The molecule has 1 amide bonds. The normalized spacial score (nSPS) is 14.7. The molecule has 39 heavy (non-hydrogen) atoms. The zero-order valence-electron chi connectivity index (χ0n) is 22.4. The molecule has 0 spiro atoms. The van der Waals surface area contributed by atoms with Crippen LogP contribution in [0.3, 0.4) is 0 Å². The minimum atomic E-state index is -0.301. The lowest BCUT2D eigenvalue weighted by molar-refractivity contribution is 0.0954. The highest BCUT2D eigenvalue weighted by Gasteiger charge is 2.27. The Morgan fingerprint density at radius 2 is 1.95 bits per heavy atom. The van der Waals surface area contributed by atoms with Crippen molar-refractivity contribution in [2.45, 2.75) is 31.8 Å². The number of benzene rings is 2. The number of amides is 1. The zero-order chi connectivity index (χ0) is 27.8. The number of hydrogen-bond donors (Lipinski definition) is 3. The number of nitrogens with one attached hydrogen (secondary N) is 2. The van der Waals surface area contributed by atoms with E-state index < -0.39 is 0 Å². The number of carbonyl (C=O) groups is 1. The molecule has 0 saturated carbocycles. The van der Waals surface area contributed by atoms with Crippen molar-refractivity contribution < 1.29 is 24.1 Å². The van der Waals surface area contributed by atoms with E-state index in [1.807, 2.05) is 29.2 Å². The molecule has 0 radical (unpaired) electrons. The maximum Gasteiger partial charge on any atom is 0.256 e. The van der Waals surface area contributed by atoms with Crippen LogP contribution >= 0.6 is 11.6 Å². The highest BCUT2D eigenvalue weighted by molar-refractivity contribution is 6.32. The molecule has 2 aromatic carbocycles.